The van der Waals surface area contributed by atoms with Gasteiger partial charge in [0.2, 0.25) is 0 Å². The van der Waals surface area contributed by atoms with Gasteiger partial charge in [-0.25, -0.2) is 4.79 Å². The molecule has 0 fully saturated rings. The Kier molecular flexibility index (Phi) is 5.82. The summed E-state index contributed by atoms with van der Waals surface area (Å²) in [6, 6.07) is 5.04. The maximum Gasteiger partial charge on any atom is 0.341 e. The molecule has 0 heterocycles. The van der Waals surface area contributed by atoms with Crippen LogP contribution in [0.4, 0.5) is 5.69 Å². The predicted octanol–water partition coefficient (Wildman–Crippen LogP) is 2.64. The van der Waals surface area contributed by atoms with E-state index in [9.17, 15) is 4.79 Å². The van der Waals surface area contributed by atoms with Crippen LogP contribution in [0.2, 0.25) is 0 Å². The maximum atomic E-state index is 11.9. The third kappa shape index (κ3) is 4.42. The molecule has 5 nitrogen and oxygen atoms in total. The van der Waals surface area contributed by atoms with Gasteiger partial charge in [0.15, 0.2) is 5.75 Å². The first-order valence-electron chi connectivity index (χ1n) is 6.65. The Morgan fingerprint density at radius 2 is 2.05 bits per heavy atom. The molecule has 0 amide bonds. The molecule has 0 spiro atoms. The Hall–Kier alpha value is -1.75. The Bertz CT molecular complexity index is 457. The highest BCUT2D eigenvalue weighted by Crippen LogP contribution is 2.28. The van der Waals surface area contributed by atoms with E-state index in [0.717, 1.165) is 0 Å². The van der Waals surface area contributed by atoms with E-state index in [4.69, 9.17) is 19.9 Å². The lowest BCUT2D eigenvalue weighted by molar-refractivity contribution is 0.00540. The lowest BCUT2D eigenvalue weighted by Gasteiger charge is -2.23. The Morgan fingerprint density at radius 3 is 2.65 bits per heavy atom. The zero-order valence-electron chi connectivity index (χ0n) is 12.6. The Labute approximate surface area is 120 Å². The second-order valence-corrected chi connectivity index (χ2v) is 5.01. The van der Waals surface area contributed by atoms with Gasteiger partial charge in [0.25, 0.3) is 0 Å². The van der Waals surface area contributed by atoms with Crippen LogP contribution in [0.3, 0.4) is 0 Å². The minimum Gasteiger partial charge on any atom is -0.490 e. The Balaban J connectivity index is 2.81. The molecule has 2 N–H and O–H groups in total. The van der Waals surface area contributed by atoms with Gasteiger partial charge in [0.05, 0.1) is 24.5 Å². The molecule has 0 aliphatic heterocycles. The summed E-state index contributed by atoms with van der Waals surface area (Å²) in [5.41, 5.74) is 6.36. The monoisotopic (exact) mass is 281 g/mol. The predicted molar refractivity (Wildman–Crippen MR) is 78.0 cm³/mol. The van der Waals surface area contributed by atoms with Crippen molar-refractivity contribution in [3.05, 3.63) is 23.8 Å². The molecule has 0 radical (unpaired) electrons. The van der Waals surface area contributed by atoms with Crippen molar-refractivity contribution >= 4 is 11.7 Å². The number of nitrogen functional groups attached to an aromatic ring is 1. The SMILES string of the molecule is CCOC(=O)c1cccc(N)c1OCCC(C)(C)OC. The van der Waals surface area contributed by atoms with E-state index in [2.05, 4.69) is 0 Å². The fourth-order valence-corrected chi connectivity index (χ4v) is 1.59. The van der Waals surface area contributed by atoms with Crippen molar-refractivity contribution in [2.24, 2.45) is 0 Å². The first kappa shape index (κ1) is 16.3. The molecule has 0 atom stereocenters. The van der Waals surface area contributed by atoms with E-state index in [1.54, 1.807) is 32.2 Å². The molecule has 0 aliphatic rings. The van der Waals surface area contributed by atoms with Crippen LogP contribution in [0.1, 0.15) is 37.6 Å². The molecule has 20 heavy (non-hydrogen) atoms. The molecule has 112 valence electrons. The summed E-state index contributed by atoms with van der Waals surface area (Å²) < 4.78 is 16.0. The van der Waals surface area contributed by atoms with Gasteiger partial charge in [-0.2, -0.15) is 0 Å². The fraction of sp³-hybridized carbons (Fsp3) is 0.533. The highest BCUT2D eigenvalue weighted by atomic mass is 16.5. The smallest absolute Gasteiger partial charge is 0.341 e. The molecule has 0 saturated carbocycles. The van der Waals surface area contributed by atoms with Crippen molar-refractivity contribution in [2.45, 2.75) is 32.8 Å². The highest BCUT2D eigenvalue weighted by molar-refractivity contribution is 5.94. The number of hydrogen-bond donors (Lipinski definition) is 1. The van der Waals surface area contributed by atoms with Crippen molar-refractivity contribution in [1.29, 1.82) is 0 Å². The average molecular weight is 281 g/mol. The first-order chi connectivity index (χ1) is 9.41. The number of methoxy groups -OCH3 is 1. The summed E-state index contributed by atoms with van der Waals surface area (Å²) in [6.07, 6.45) is 0.681. The topological polar surface area (TPSA) is 70.8 Å². The van der Waals surface area contributed by atoms with Gasteiger partial charge in [-0.3, -0.25) is 0 Å². The second-order valence-electron chi connectivity index (χ2n) is 5.01. The van der Waals surface area contributed by atoms with Crippen molar-refractivity contribution < 1.29 is 19.0 Å². The molecule has 0 unspecified atom stereocenters. The lowest BCUT2D eigenvalue weighted by Crippen LogP contribution is -2.25. The van der Waals surface area contributed by atoms with Gasteiger partial charge in [-0.05, 0) is 32.9 Å². The van der Waals surface area contributed by atoms with Crippen LogP contribution in [-0.2, 0) is 9.47 Å². The molecule has 0 aromatic heterocycles. The van der Waals surface area contributed by atoms with Crippen molar-refractivity contribution in [3.63, 3.8) is 0 Å². The summed E-state index contributed by atoms with van der Waals surface area (Å²) >= 11 is 0. The molecule has 1 aromatic carbocycles. The number of esters is 1. The van der Waals surface area contributed by atoms with Crippen LogP contribution in [0.15, 0.2) is 18.2 Å². The average Bonchev–Trinajstić information content (AvgIpc) is 2.40. The number of ether oxygens (including phenoxy) is 3. The van der Waals surface area contributed by atoms with E-state index in [1.807, 2.05) is 13.8 Å². The van der Waals surface area contributed by atoms with Gasteiger partial charge in [-0.1, -0.05) is 6.07 Å². The number of rotatable bonds is 7. The third-order valence-corrected chi connectivity index (χ3v) is 3.04. The van der Waals surface area contributed by atoms with Gasteiger partial charge >= 0.3 is 5.97 Å². The van der Waals surface area contributed by atoms with E-state index >= 15 is 0 Å². The molecule has 0 saturated heterocycles. The largest absolute Gasteiger partial charge is 0.490 e. The zero-order valence-corrected chi connectivity index (χ0v) is 12.6. The van der Waals surface area contributed by atoms with Crippen molar-refractivity contribution in [3.8, 4) is 5.75 Å². The number of benzene rings is 1. The summed E-state index contributed by atoms with van der Waals surface area (Å²) in [5, 5.41) is 0. The third-order valence-electron chi connectivity index (χ3n) is 3.04. The van der Waals surface area contributed by atoms with E-state index in [0.29, 0.717) is 36.6 Å². The van der Waals surface area contributed by atoms with Crippen LogP contribution in [0.5, 0.6) is 5.75 Å². The summed E-state index contributed by atoms with van der Waals surface area (Å²) in [4.78, 5) is 11.9. The number of para-hydroxylation sites is 1. The van der Waals surface area contributed by atoms with Crippen LogP contribution < -0.4 is 10.5 Å². The minimum absolute atomic E-state index is 0.284. The summed E-state index contributed by atoms with van der Waals surface area (Å²) in [7, 11) is 1.65. The van der Waals surface area contributed by atoms with E-state index < -0.39 is 5.97 Å². The van der Waals surface area contributed by atoms with Gasteiger partial charge < -0.3 is 19.9 Å². The second kappa shape index (κ2) is 7.14. The van der Waals surface area contributed by atoms with E-state index in [1.165, 1.54) is 0 Å². The fourth-order valence-electron chi connectivity index (χ4n) is 1.59. The van der Waals surface area contributed by atoms with Gasteiger partial charge in [-0.15, -0.1) is 0 Å². The molecule has 0 aliphatic carbocycles. The van der Waals surface area contributed by atoms with Crippen LogP contribution >= 0.6 is 0 Å². The first-order valence-corrected chi connectivity index (χ1v) is 6.65. The van der Waals surface area contributed by atoms with Crippen LogP contribution in [-0.4, -0.2) is 31.9 Å². The van der Waals surface area contributed by atoms with E-state index in [-0.39, 0.29) is 5.60 Å². The summed E-state index contributed by atoms with van der Waals surface area (Å²) in [6.45, 7) is 6.41. The number of carbonyl (C=O) groups excluding carboxylic acids is 1. The lowest BCUT2D eigenvalue weighted by atomic mass is 10.1. The number of hydrogen-bond acceptors (Lipinski definition) is 5. The number of anilines is 1. The van der Waals surface area contributed by atoms with Gasteiger partial charge in [0, 0.05) is 13.5 Å². The molecule has 1 rings (SSSR count). The maximum absolute atomic E-state index is 11.9. The Morgan fingerprint density at radius 1 is 1.35 bits per heavy atom. The number of nitrogens with two attached hydrogens (primary N) is 1. The van der Waals surface area contributed by atoms with Crippen molar-refractivity contribution in [1.82, 2.24) is 0 Å². The minimum atomic E-state index is -0.430. The van der Waals surface area contributed by atoms with Crippen LogP contribution in [0, 0.1) is 0 Å². The highest BCUT2D eigenvalue weighted by Gasteiger charge is 2.19. The molecular weight excluding hydrogens is 258 g/mol. The molecular formula is C15H23NO4. The number of carbonyl (C=O) groups is 1. The molecule has 1 aromatic rings. The summed E-state index contributed by atoms with van der Waals surface area (Å²) in [5.74, 6) is -0.0568. The zero-order chi connectivity index (χ0) is 15.2. The van der Waals surface area contributed by atoms with Crippen molar-refractivity contribution in [2.75, 3.05) is 26.1 Å². The quantitative estimate of drug-likeness (QED) is 0.614. The van der Waals surface area contributed by atoms with Crippen LogP contribution in [0.25, 0.3) is 0 Å². The molecule has 0 bridgehead atoms. The normalized spacial score (nSPS) is 11.2. The standard InChI is InChI=1S/C15H23NO4/c1-5-19-14(17)11-7-6-8-12(16)13(11)20-10-9-15(2,3)18-4/h6-8H,5,9-10,16H2,1-4H3. The van der Waals surface area contributed by atoms with Gasteiger partial charge in [0.1, 0.15) is 5.56 Å². The molecule has 5 heteroatoms.